The van der Waals surface area contributed by atoms with Crippen molar-refractivity contribution in [3.05, 3.63) is 58.6 Å². The Labute approximate surface area is 141 Å². The van der Waals surface area contributed by atoms with Gasteiger partial charge in [0.2, 0.25) is 0 Å². The molecule has 0 amide bonds. The number of benzene rings is 2. The lowest BCUT2D eigenvalue weighted by Crippen LogP contribution is -2.17. The van der Waals surface area contributed by atoms with Crippen LogP contribution in [0, 0.1) is 0 Å². The molecule has 128 valence electrons. The van der Waals surface area contributed by atoms with Gasteiger partial charge in [-0.15, -0.1) is 0 Å². The first-order valence-electron chi connectivity index (χ1n) is 6.51. The topological polar surface area (TPSA) is 63.2 Å². The van der Waals surface area contributed by atoms with Gasteiger partial charge in [-0.2, -0.15) is 13.2 Å². The van der Waals surface area contributed by atoms with E-state index in [0.717, 1.165) is 24.3 Å². The molecular formula is C15H11ClF3NO3S. The van der Waals surface area contributed by atoms with Crippen LogP contribution in [0.1, 0.15) is 22.8 Å². The van der Waals surface area contributed by atoms with Crippen LogP contribution in [-0.4, -0.2) is 14.2 Å². The first kappa shape index (κ1) is 18.3. The molecule has 0 heterocycles. The zero-order valence-corrected chi connectivity index (χ0v) is 13.8. The molecule has 0 spiro atoms. The number of nitrogens with one attached hydrogen (secondary N) is 1. The van der Waals surface area contributed by atoms with Gasteiger partial charge in [0.15, 0.2) is 5.78 Å². The number of carbonyl (C=O) groups is 1. The minimum Gasteiger partial charge on any atom is -0.295 e. The molecule has 0 saturated heterocycles. The van der Waals surface area contributed by atoms with Crippen molar-refractivity contribution in [2.24, 2.45) is 0 Å². The average molecular weight is 378 g/mol. The van der Waals surface area contributed by atoms with E-state index in [9.17, 15) is 26.4 Å². The Hall–Kier alpha value is -2.06. The standard InChI is InChI=1S/C15H11ClF3NO3S/c1-9(21)10-2-5-12(6-3-10)24(22,23)20-14-7-4-11(16)8-13(14)15(17,18)19/h2-8,20H,1H3. The summed E-state index contributed by atoms with van der Waals surface area (Å²) < 4.78 is 65.4. The Kier molecular flexibility index (Phi) is 4.91. The molecule has 0 unspecified atom stereocenters. The summed E-state index contributed by atoms with van der Waals surface area (Å²) in [5, 5.41) is -0.170. The maximum Gasteiger partial charge on any atom is 0.418 e. The van der Waals surface area contributed by atoms with Crippen LogP contribution in [0.25, 0.3) is 0 Å². The van der Waals surface area contributed by atoms with Gasteiger partial charge in [-0.25, -0.2) is 8.42 Å². The summed E-state index contributed by atoms with van der Waals surface area (Å²) in [5.41, 5.74) is -1.54. The lowest BCUT2D eigenvalue weighted by atomic mass is 10.2. The molecule has 2 rings (SSSR count). The monoisotopic (exact) mass is 377 g/mol. The Bertz CT molecular complexity index is 878. The van der Waals surface area contributed by atoms with Crippen molar-refractivity contribution in [1.82, 2.24) is 0 Å². The van der Waals surface area contributed by atoms with E-state index < -0.39 is 27.5 Å². The first-order chi connectivity index (χ1) is 11.0. The normalized spacial score (nSPS) is 12.0. The van der Waals surface area contributed by atoms with Crippen LogP contribution in [0.3, 0.4) is 0 Å². The van der Waals surface area contributed by atoms with Crippen molar-refractivity contribution >= 4 is 33.1 Å². The maximum atomic E-state index is 13.0. The molecule has 4 nitrogen and oxygen atoms in total. The van der Waals surface area contributed by atoms with Crippen LogP contribution in [-0.2, 0) is 16.2 Å². The molecule has 0 aliphatic rings. The van der Waals surface area contributed by atoms with Crippen LogP contribution < -0.4 is 4.72 Å². The quantitative estimate of drug-likeness (QED) is 0.805. The van der Waals surface area contributed by atoms with Gasteiger partial charge in [0, 0.05) is 10.6 Å². The zero-order chi connectivity index (χ0) is 18.1. The molecule has 0 atom stereocenters. The van der Waals surface area contributed by atoms with Crippen molar-refractivity contribution in [2.45, 2.75) is 18.0 Å². The van der Waals surface area contributed by atoms with E-state index in [2.05, 4.69) is 0 Å². The average Bonchev–Trinajstić information content (AvgIpc) is 2.48. The van der Waals surface area contributed by atoms with Crippen molar-refractivity contribution < 1.29 is 26.4 Å². The fraction of sp³-hybridized carbons (Fsp3) is 0.133. The summed E-state index contributed by atoms with van der Waals surface area (Å²) in [7, 11) is -4.26. The van der Waals surface area contributed by atoms with Gasteiger partial charge in [-0.3, -0.25) is 9.52 Å². The molecule has 2 aromatic rings. The lowest BCUT2D eigenvalue weighted by molar-refractivity contribution is -0.136. The number of alkyl halides is 3. The summed E-state index contributed by atoms with van der Waals surface area (Å²) in [6.45, 7) is 1.31. The summed E-state index contributed by atoms with van der Waals surface area (Å²) in [6.07, 6.45) is -4.78. The fourth-order valence-electron chi connectivity index (χ4n) is 1.91. The van der Waals surface area contributed by atoms with Crippen molar-refractivity contribution in [1.29, 1.82) is 0 Å². The molecule has 24 heavy (non-hydrogen) atoms. The molecular weight excluding hydrogens is 367 g/mol. The highest BCUT2D eigenvalue weighted by atomic mass is 35.5. The van der Waals surface area contributed by atoms with Crippen LogP contribution in [0.5, 0.6) is 0 Å². The fourth-order valence-corrected chi connectivity index (χ4v) is 3.16. The second kappa shape index (κ2) is 6.45. The van der Waals surface area contributed by atoms with Gasteiger partial charge in [-0.05, 0) is 37.3 Å². The number of Topliss-reactive ketones (excluding diaryl/α,β-unsaturated/α-hetero) is 1. The van der Waals surface area contributed by atoms with Gasteiger partial charge in [-0.1, -0.05) is 23.7 Å². The second-order valence-corrected chi connectivity index (χ2v) is 6.99. The van der Waals surface area contributed by atoms with Gasteiger partial charge in [0.25, 0.3) is 10.0 Å². The van der Waals surface area contributed by atoms with E-state index in [0.29, 0.717) is 6.07 Å². The second-order valence-electron chi connectivity index (χ2n) is 4.87. The van der Waals surface area contributed by atoms with Crippen molar-refractivity contribution in [2.75, 3.05) is 4.72 Å². The van der Waals surface area contributed by atoms with E-state index >= 15 is 0 Å². The molecule has 0 fully saturated rings. The van der Waals surface area contributed by atoms with Crippen LogP contribution >= 0.6 is 11.6 Å². The predicted molar refractivity (Wildman–Crippen MR) is 83.7 cm³/mol. The molecule has 9 heteroatoms. The summed E-state index contributed by atoms with van der Waals surface area (Å²) in [4.78, 5) is 10.9. The number of anilines is 1. The number of hydrogen-bond acceptors (Lipinski definition) is 3. The molecule has 1 N–H and O–H groups in total. The molecule has 0 radical (unpaired) electrons. The minimum atomic E-state index is -4.78. The Balaban J connectivity index is 2.41. The van der Waals surface area contributed by atoms with Crippen molar-refractivity contribution in [3.63, 3.8) is 0 Å². The number of hydrogen-bond donors (Lipinski definition) is 1. The number of rotatable bonds is 4. The third-order valence-electron chi connectivity index (χ3n) is 3.10. The van der Waals surface area contributed by atoms with E-state index in [4.69, 9.17) is 11.6 Å². The van der Waals surface area contributed by atoms with Gasteiger partial charge in [0.05, 0.1) is 16.1 Å². The molecule has 0 aliphatic carbocycles. The summed E-state index contributed by atoms with van der Waals surface area (Å²) >= 11 is 5.55. The highest BCUT2D eigenvalue weighted by Crippen LogP contribution is 2.37. The number of sulfonamides is 1. The van der Waals surface area contributed by atoms with E-state index in [1.165, 1.54) is 19.1 Å². The van der Waals surface area contributed by atoms with Gasteiger partial charge >= 0.3 is 6.18 Å². The maximum absolute atomic E-state index is 13.0. The molecule has 0 bridgehead atoms. The third kappa shape index (κ3) is 4.07. The lowest BCUT2D eigenvalue weighted by Gasteiger charge is -2.15. The number of carbonyl (C=O) groups excluding carboxylic acids is 1. The highest BCUT2D eigenvalue weighted by molar-refractivity contribution is 7.92. The Morgan fingerprint density at radius 1 is 1.08 bits per heavy atom. The SMILES string of the molecule is CC(=O)c1ccc(S(=O)(=O)Nc2ccc(Cl)cc2C(F)(F)F)cc1. The molecule has 0 aromatic heterocycles. The summed E-state index contributed by atoms with van der Waals surface area (Å²) in [6, 6.07) is 7.57. The van der Waals surface area contributed by atoms with Crippen LogP contribution in [0.15, 0.2) is 47.4 Å². The van der Waals surface area contributed by atoms with E-state index in [1.807, 2.05) is 4.72 Å². The van der Waals surface area contributed by atoms with Crippen molar-refractivity contribution in [3.8, 4) is 0 Å². The third-order valence-corrected chi connectivity index (χ3v) is 4.72. The first-order valence-corrected chi connectivity index (χ1v) is 8.37. The number of halogens is 4. The van der Waals surface area contributed by atoms with Crippen LogP contribution in [0.4, 0.5) is 18.9 Å². The number of ketones is 1. The van der Waals surface area contributed by atoms with E-state index in [1.54, 1.807) is 0 Å². The highest BCUT2D eigenvalue weighted by Gasteiger charge is 2.35. The zero-order valence-electron chi connectivity index (χ0n) is 12.2. The minimum absolute atomic E-state index is 0.170. The molecule has 0 saturated carbocycles. The Morgan fingerprint density at radius 2 is 1.67 bits per heavy atom. The van der Waals surface area contributed by atoms with Gasteiger partial charge in [0.1, 0.15) is 0 Å². The molecule has 0 aliphatic heterocycles. The van der Waals surface area contributed by atoms with E-state index in [-0.39, 0.29) is 21.3 Å². The van der Waals surface area contributed by atoms with Gasteiger partial charge < -0.3 is 0 Å². The molecule has 2 aromatic carbocycles. The Morgan fingerprint density at radius 3 is 2.17 bits per heavy atom. The smallest absolute Gasteiger partial charge is 0.295 e. The van der Waals surface area contributed by atoms with Crippen LogP contribution in [0.2, 0.25) is 5.02 Å². The summed E-state index contributed by atoms with van der Waals surface area (Å²) in [5.74, 6) is -0.260. The largest absolute Gasteiger partial charge is 0.418 e. The predicted octanol–water partition coefficient (Wildman–Crippen LogP) is 4.36.